The van der Waals surface area contributed by atoms with E-state index in [1.165, 1.54) is 11.3 Å². The van der Waals surface area contributed by atoms with Crippen molar-refractivity contribution >= 4 is 45.4 Å². The van der Waals surface area contributed by atoms with Crippen molar-refractivity contribution in [1.82, 2.24) is 4.98 Å². The first-order valence-corrected chi connectivity index (χ1v) is 8.11. The molecule has 0 aliphatic carbocycles. The highest BCUT2D eigenvalue weighted by molar-refractivity contribution is 7.14. The van der Waals surface area contributed by atoms with Gasteiger partial charge in [0.15, 0.2) is 5.13 Å². The maximum atomic E-state index is 6.15. The largest absolute Gasteiger partial charge is 0.497 e. The monoisotopic (exact) mass is 350 g/mol. The average molecular weight is 351 g/mol. The Morgan fingerprint density at radius 2 is 1.86 bits per heavy atom. The Hall–Kier alpha value is -1.75. The van der Waals surface area contributed by atoms with Gasteiger partial charge in [-0.2, -0.15) is 0 Å². The lowest BCUT2D eigenvalue weighted by atomic mass is 10.2. The Balaban J connectivity index is 1.81. The molecule has 1 aromatic heterocycles. The highest BCUT2D eigenvalue weighted by Gasteiger charge is 2.07. The molecule has 0 unspecified atom stereocenters. The van der Waals surface area contributed by atoms with Crippen LogP contribution in [0.2, 0.25) is 10.0 Å². The number of nitrogens with one attached hydrogen (secondary N) is 1. The number of halogens is 2. The Labute approximate surface area is 142 Å². The summed E-state index contributed by atoms with van der Waals surface area (Å²) in [4.78, 5) is 4.57. The van der Waals surface area contributed by atoms with Crippen LogP contribution in [-0.2, 0) is 0 Å². The molecule has 0 amide bonds. The molecule has 3 nitrogen and oxygen atoms in total. The topological polar surface area (TPSA) is 34.1 Å². The lowest BCUT2D eigenvalue weighted by molar-refractivity contribution is 0.415. The Morgan fingerprint density at radius 3 is 2.55 bits per heavy atom. The first-order chi connectivity index (χ1) is 10.7. The van der Waals surface area contributed by atoms with Crippen LogP contribution in [0.3, 0.4) is 0 Å². The highest BCUT2D eigenvalue weighted by Crippen LogP contribution is 2.32. The number of hydrogen-bond donors (Lipinski definition) is 1. The minimum atomic E-state index is 0.564. The van der Waals surface area contributed by atoms with Gasteiger partial charge in [0.1, 0.15) is 5.75 Å². The van der Waals surface area contributed by atoms with Crippen LogP contribution in [-0.4, -0.2) is 12.1 Å². The van der Waals surface area contributed by atoms with Gasteiger partial charge < -0.3 is 10.1 Å². The number of nitrogens with zero attached hydrogens (tertiary/aromatic N) is 1. The fourth-order valence-electron chi connectivity index (χ4n) is 1.93. The molecule has 1 N–H and O–H groups in total. The fraction of sp³-hybridized carbons (Fsp3) is 0.0625. The molecule has 0 aliphatic heterocycles. The Morgan fingerprint density at radius 1 is 1.09 bits per heavy atom. The molecule has 0 bridgehead atoms. The van der Waals surface area contributed by atoms with E-state index in [0.717, 1.165) is 27.8 Å². The third-order valence-corrected chi connectivity index (χ3v) is 4.37. The summed E-state index contributed by atoms with van der Waals surface area (Å²) in [5.74, 6) is 0.824. The second kappa shape index (κ2) is 6.57. The van der Waals surface area contributed by atoms with E-state index in [-0.39, 0.29) is 0 Å². The quantitative estimate of drug-likeness (QED) is 0.638. The SMILES string of the molecule is COc1ccc(-c2csc(Nc3ccc(Cl)cc3Cl)n2)cc1. The summed E-state index contributed by atoms with van der Waals surface area (Å²) in [5.41, 5.74) is 2.72. The minimum Gasteiger partial charge on any atom is -0.497 e. The number of methoxy groups -OCH3 is 1. The molecule has 0 aliphatic rings. The molecule has 0 saturated heterocycles. The van der Waals surface area contributed by atoms with Crippen LogP contribution in [0.4, 0.5) is 10.8 Å². The van der Waals surface area contributed by atoms with E-state index in [1.807, 2.05) is 35.7 Å². The molecule has 0 fully saturated rings. The predicted molar refractivity (Wildman–Crippen MR) is 93.8 cm³/mol. The van der Waals surface area contributed by atoms with Crippen LogP contribution >= 0.6 is 34.5 Å². The molecule has 3 rings (SSSR count). The summed E-state index contributed by atoms with van der Waals surface area (Å²) in [7, 11) is 1.65. The first-order valence-electron chi connectivity index (χ1n) is 6.48. The Kier molecular flexibility index (Phi) is 4.52. The van der Waals surface area contributed by atoms with E-state index in [0.29, 0.717) is 10.0 Å². The van der Waals surface area contributed by atoms with Crippen LogP contribution in [0.15, 0.2) is 47.8 Å². The van der Waals surface area contributed by atoms with Gasteiger partial charge in [0.2, 0.25) is 0 Å². The molecular weight excluding hydrogens is 339 g/mol. The van der Waals surface area contributed by atoms with Crippen molar-refractivity contribution in [3.8, 4) is 17.0 Å². The smallest absolute Gasteiger partial charge is 0.187 e. The summed E-state index contributed by atoms with van der Waals surface area (Å²) in [6.07, 6.45) is 0. The predicted octanol–water partition coefficient (Wildman–Crippen LogP) is 5.87. The zero-order valence-corrected chi connectivity index (χ0v) is 14.0. The molecular formula is C16H12Cl2N2OS. The van der Waals surface area contributed by atoms with Gasteiger partial charge in [-0.15, -0.1) is 11.3 Å². The third kappa shape index (κ3) is 3.35. The normalized spacial score (nSPS) is 10.5. The zero-order chi connectivity index (χ0) is 15.5. The Bertz CT molecular complexity index is 787. The van der Waals surface area contributed by atoms with Crippen molar-refractivity contribution in [2.45, 2.75) is 0 Å². The minimum absolute atomic E-state index is 0.564. The van der Waals surface area contributed by atoms with Crippen LogP contribution in [0.1, 0.15) is 0 Å². The van der Waals surface area contributed by atoms with Gasteiger partial charge >= 0.3 is 0 Å². The van der Waals surface area contributed by atoms with Crippen molar-refractivity contribution in [2.75, 3.05) is 12.4 Å². The standard InChI is InChI=1S/C16H12Cl2N2OS/c1-21-12-5-2-10(3-6-12)15-9-22-16(20-15)19-14-7-4-11(17)8-13(14)18/h2-9H,1H3,(H,19,20). The van der Waals surface area contributed by atoms with Gasteiger partial charge in [-0.3, -0.25) is 0 Å². The van der Waals surface area contributed by atoms with Crippen LogP contribution in [0.5, 0.6) is 5.75 Å². The number of ether oxygens (including phenoxy) is 1. The molecule has 1 heterocycles. The lowest BCUT2D eigenvalue weighted by Gasteiger charge is -2.05. The summed E-state index contributed by atoms with van der Waals surface area (Å²) < 4.78 is 5.16. The van der Waals surface area contributed by atoms with E-state index >= 15 is 0 Å². The van der Waals surface area contributed by atoms with Crippen LogP contribution in [0, 0.1) is 0 Å². The lowest BCUT2D eigenvalue weighted by Crippen LogP contribution is -1.90. The van der Waals surface area contributed by atoms with Crippen molar-refractivity contribution in [3.63, 3.8) is 0 Å². The van der Waals surface area contributed by atoms with Crippen molar-refractivity contribution < 1.29 is 4.74 Å². The molecule has 0 radical (unpaired) electrons. The third-order valence-electron chi connectivity index (χ3n) is 3.06. The van der Waals surface area contributed by atoms with Gasteiger partial charge in [0.05, 0.1) is 23.5 Å². The number of thiazole rings is 1. The van der Waals surface area contributed by atoms with Gasteiger partial charge in [0.25, 0.3) is 0 Å². The van der Waals surface area contributed by atoms with Crippen LogP contribution in [0.25, 0.3) is 11.3 Å². The molecule has 3 aromatic rings. The number of anilines is 2. The van der Waals surface area contributed by atoms with E-state index in [2.05, 4.69) is 10.3 Å². The van der Waals surface area contributed by atoms with Gasteiger partial charge in [-0.25, -0.2) is 4.98 Å². The van der Waals surface area contributed by atoms with Gasteiger partial charge in [0, 0.05) is 16.0 Å². The molecule has 0 atom stereocenters. The zero-order valence-electron chi connectivity index (χ0n) is 11.6. The summed E-state index contributed by atoms with van der Waals surface area (Å²) in [6, 6.07) is 13.1. The fourth-order valence-corrected chi connectivity index (χ4v) is 3.12. The molecule has 0 saturated carbocycles. The summed E-state index contributed by atoms with van der Waals surface area (Å²) in [6.45, 7) is 0. The van der Waals surface area contributed by atoms with Gasteiger partial charge in [-0.1, -0.05) is 23.2 Å². The highest BCUT2D eigenvalue weighted by atomic mass is 35.5. The van der Waals surface area contributed by atoms with E-state index in [4.69, 9.17) is 27.9 Å². The first kappa shape index (κ1) is 15.2. The number of rotatable bonds is 4. The number of hydrogen-bond acceptors (Lipinski definition) is 4. The maximum Gasteiger partial charge on any atom is 0.187 e. The molecule has 2 aromatic carbocycles. The van der Waals surface area contributed by atoms with E-state index < -0.39 is 0 Å². The maximum absolute atomic E-state index is 6.15. The molecule has 0 spiro atoms. The van der Waals surface area contributed by atoms with E-state index in [9.17, 15) is 0 Å². The second-order valence-corrected chi connectivity index (χ2v) is 6.22. The number of aromatic nitrogens is 1. The van der Waals surface area contributed by atoms with Crippen LogP contribution < -0.4 is 10.1 Å². The molecule has 22 heavy (non-hydrogen) atoms. The number of benzene rings is 2. The average Bonchev–Trinajstić information content (AvgIpc) is 2.99. The van der Waals surface area contributed by atoms with Crippen molar-refractivity contribution in [3.05, 3.63) is 57.9 Å². The summed E-state index contributed by atoms with van der Waals surface area (Å²) in [5, 5.41) is 7.14. The van der Waals surface area contributed by atoms with Crippen molar-refractivity contribution in [2.24, 2.45) is 0 Å². The summed E-state index contributed by atoms with van der Waals surface area (Å²) >= 11 is 13.6. The molecule has 112 valence electrons. The van der Waals surface area contributed by atoms with E-state index in [1.54, 1.807) is 19.2 Å². The van der Waals surface area contributed by atoms with Crippen molar-refractivity contribution in [1.29, 1.82) is 0 Å². The molecule has 6 heteroatoms. The second-order valence-electron chi connectivity index (χ2n) is 4.52. The van der Waals surface area contributed by atoms with Gasteiger partial charge in [-0.05, 0) is 42.5 Å².